The highest BCUT2D eigenvalue weighted by Gasteiger charge is 2.18. The van der Waals surface area contributed by atoms with Crippen LogP contribution in [0.3, 0.4) is 0 Å². The molecule has 5 nitrogen and oxygen atoms in total. The number of rotatable bonds is 5. The molecule has 1 saturated heterocycles. The Balaban J connectivity index is 1.75. The molecular weight excluding hydrogens is 244 g/mol. The Bertz CT molecular complexity index is 412. The molecule has 19 heavy (non-hydrogen) atoms. The molecule has 1 aromatic rings. The maximum Gasteiger partial charge on any atom is 0.157 e. The highest BCUT2D eigenvalue weighted by Crippen LogP contribution is 2.24. The lowest BCUT2D eigenvalue weighted by Gasteiger charge is -2.32. The van der Waals surface area contributed by atoms with Gasteiger partial charge >= 0.3 is 0 Å². The van der Waals surface area contributed by atoms with Gasteiger partial charge in [0.1, 0.15) is 0 Å². The van der Waals surface area contributed by atoms with E-state index in [4.69, 9.17) is 4.74 Å². The molecular formula is C14H22N2O3. The predicted octanol–water partition coefficient (Wildman–Crippen LogP) is 0.908. The molecule has 1 aromatic carbocycles. The van der Waals surface area contributed by atoms with E-state index >= 15 is 0 Å². The first-order chi connectivity index (χ1) is 9.19. The van der Waals surface area contributed by atoms with Crippen molar-refractivity contribution < 1.29 is 14.9 Å². The number of benzene rings is 1. The number of likely N-dealkylation sites (N-methyl/N-ethyl adjacent to an activating group) is 1. The third-order valence-corrected chi connectivity index (χ3v) is 3.41. The van der Waals surface area contributed by atoms with Crippen LogP contribution < -0.4 is 5.32 Å². The first kappa shape index (κ1) is 14.1. The second-order valence-corrected chi connectivity index (χ2v) is 4.84. The van der Waals surface area contributed by atoms with Crippen molar-refractivity contribution >= 4 is 0 Å². The van der Waals surface area contributed by atoms with Crippen molar-refractivity contribution in [1.82, 2.24) is 10.2 Å². The normalized spacial score (nSPS) is 20.6. The van der Waals surface area contributed by atoms with E-state index in [1.165, 1.54) is 6.07 Å². The first-order valence-corrected chi connectivity index (χ1v) is 6.74. The van der Waals surface area contributed by atoms with Gasteiger partial charge in [-0.25, -0.2) is 0 Å². The van der Waals surface area contributed by atoms with Crippen LogP contribution in [0.4, 0.5) is 0 Å². The van der Waals surface area contributed by atoms with Crippen molar-refractivity contribution in [2.24, 2.45) is 0 Å². The van der Waals surface area contributed by atoms with Crippen molar-refractivity contribution in [1.29, 1.82) is 0 Å². The third-order valence-electron chi connectivity index (χ3n) is 3.41. The predicted molar refractivity (Wildman–Crippen MR) is 73.3 cm³/mol. The number of phenols is 2. The lowest BCUT2D eigenvalue weighted by atomic mass is 10.2. The molecule has 106 valence electrons. The monoisotopic (exact) mass is 266 g/mol. The summed E-state index contributed by atoms with van der Waals surface area (Å²) in [6.07, 6.45) is 0.222. The minimum atomic E-state index is -0.0852. The van der Waals surface area contributed by atoms with E-state index < -0.39 is 0 Å². The standard InChI is InChI=1S/C14H22N2O3/c1-2-16-5-6-19-12(10-16)9-15-8-11-3-4-13(17)14(18)7-11/h3-4,7,12,15,17-18H,2,5-6,8-10H2,1H3. The molecule has 1 atom stereocenters. The zero-order valence-electron chi connectivity index (χ0n) is 11.3. The van der Waals surface area contributed by atoms with Crippen LogP contribution in [0, 0.1) is 0 Å². The van der Waals surface area contributed by atoms with Crippen molar-refractivity contribution in [3.05, 3.63) is 23.8 Å². The van der Waals surface area contributed by atoms with Gasteiger partial charge in [-0.05, 0) is 24.2 Å². The second-order valence-electron chi connectivity index (χ2n) is 4.84. The zero-order chi connectivity index (χ0) is 13.7. The lowest BCUT2D eigenvalue weighted by Crippen LogP contribution is -2.46. The molecule has 0 aromatic heterocycles. The van der Waals surface area contributed by atoms with Crippen molar-refractivity contribution in [2.45, 2.75) is 19.6 Å². The lowest BCUT2D eigenvalue weighted by molar-refractivity contribution is -0.0253. The third kappa shape index (κ3) is 4.09. The largest absolute Gasteiger partial charge is 0.504 e. The highest BCUT2D eigenvalue weighted by molar-refractivity contribution is 5.40. The van der Waals surface area contributed by atoms with Crippen molar-refractivity contribution in [3.63, 3.8) is 0 Å². The summed E-state index contributed by atoms with van der Waals surface area (Å²) < 4.78 is 5.70. The molecule has 0 radical (unpaired) electrons. The van der Waals surface area contributed by atoms with Gasteiger partial charge in [-0.15, -0.1) is 0 Å². The number of hydrogen-bond donors (Lipinski definition) is 3. The van der Waals surface area contributed by atoms with E-state index in [2.05, 4.69) is 17.1 Å². The Hall–Kier alpha value is -1.30. The van der Waals surface area contributed by atoms with Gasteiger partial charge in [0.2, 0.25) is 0 Å². The van der Waals surface area contributed by atoms with Crippen LogP contribution in [0.15, 0.2) is 18.2 Å². The van der Waals surface area contributed by atoms with E-state index in [9.17, 15) is 10.2 Å². The van der Waals surface area contributed by atoms with Crippen LogP contribution in [0.2, 0.25) is 0 Å². The summed E-state index contributed by atoms with van der Waals surface area (Å²) >= 11 is 0. The van der Waals surface area contributed by atoms with Crippen molar-refractivity contribution in [2.75, 3.05) is 32.8 Å². The smallest absolute Gasteiger partial charge is 0.157 e. The van der Waals surface area contributed by atoms with Crippen LogP contribution in [0.1, 0.15) is 12.5 Å². The summed E-state index contributed by atoms with van der Waals surface area (Å²) in [5.74, 6) is -0.164. The summed E-state index contributed by atoms with van der Waals surface area (Å²) in [5.41, 5.74) is 0.943. The molecule has 0 spiro atoms. The number of hydrogen-bond acceptors (Lipinski definition) is 5. The molecule has 1 heterocycles. The minimum absolute atomic E-state index is 0.0784. The number of nitrogens with one attached hydrogen (secondary N) is 1. The SMILES string of the molecule is CCN1CCOC(CNCc2ccc(O)c(O)c2)C1. The summed E-state index contributed by atoms with van der Waals surface area (Å²) in [5, 5.41) is 22.0. The summed E-state index contributed by atoms with van der Waals surface area (Å²) in [7, 11) is 0. The van der Waals surface area contributed by atoms with Gasteiger partial charge in [-0.1, -0.05) is 13.0 Å². The van der Waals surface area contributed by atoms with E-state index in [-0.39, 0.29) is 17.6 Å². The van der Waals surface area contributed by atoms with Gasteiger partial charge in [-0.2, -0.15) is 0 Å². The fraction of sp³-hybridized carbons (Fsp3) is 0.571. The molecule has 1 aliphatic rings. The molecule has 1 fully saturated rings. The van der Waals surface area contributed by atoms with Crippen LogP contribution in [0.5, 0.6) is 11.5 Å². The number of morpholine rings is 1. The quantitative estimate of drug-likeness (QED) is 0.691. The van der Waals surface area contributed by atoms with Crippen LogP contribution >= 0.6 is 0 Å². The maximum atomic E-state index is 9.41. The van der Waals surface area contributed by atoms with E-state index in [1.807, 2.05) is 0 Å². The highest BCUT2D eigenvalue weighted by atomic mass is 16.5. The van der Waals surface area contributed by atoms with Crippen LogP contribution in [0.25, 0.3) is 0 Å². The summed E-state index contributed by atoms with van der Waals surface area (Å²) in [6, 6.07) is 4.87. The van der Waals surface area contributed by atoms with E-state index in [1.54, 1.807) is 12.1 Å². The molecule has 3 N–H and O–H groups in total. The van der Waals surface area contributed by atoms with Crippen LogP contribution in [-0.2, 0) is 11.3 Å². The Morgan fingerprint density at radius 3 is 2.95 bits per heavy atom. The maximum absolute atomic E-state index is 9.41. The van der Waals surface area contributed by atoms with Gasteiger partial charge in [-0.3, -0.25) is 4.90 Å². The van der Waals surface area contributed by atoms with Crippen LogP contribution in [-0.4, -0.2) is 54.0 Å². The molecule has 1 unspecified atom stereocenters. The first-order valence-electron chi connectivity index (χ1n) is 6.74. The molecule has 1 aliphatic heterocycles. The second kappa shape index (κ2) is 6.75. The van der Waals surface area contributed by atoms with Gasteiger partial charge < -0.3 is 20.3 Å². The van der Waals surface area contributed by atoms with Gasteiger partial charge in [0.15, 0.2) is 11.5 Å². The summed E-state index contributed by atoms with van der Waals surface area (Å²) in [6.45, 7) is 7.43. The Labute approximate surface area is 113 Å². The zero-order valence-corrected chi connectivity index (χ0v) is 11.3. The molecule has 0 aliphatic carbocycles. The Morgan fingerprint density at radius 1 is 1.37 bits per heavy atom. The average molecular weight is 266 g/mol. The van der Waals surface area contributed by atoms with E-state index in [0.717, 1.165) is 38.3 Å². The van der Waals surface area contributed by atoms with Gasteiger partial charge in [0.05, 0.1) is 12.7 Å². The average Bonchev–Trinajstić information content (AvgIpc) is 2.43. The Kier molecular flexibility index (Phi) is 5.01. The number of ether oxygens (including phenoxy) is 1. The van der Waals surface area contributed by atoms with Gasteiger partial charge in [0, 0.05) is 26.2 Å². The number of aromatic hydroxyl groups is 2. The Morgan fingerprint density at radius 2 is 2.21 bits per heavy atom. The van der Waals surface area contributed by atoms with E-state index in [0.29, 0.717) is 6.54 Å². The number of phenolic OH excluding ortho intramolecular Hbond substituents is 2. The minimum Gasteiger partial charge on any atom is -0.504 e. The molecule has 0 bridgehead atoms. The number of nitrogens with zero attached hydrogens (tertiary/aromatic N) is 1. The van der Waals surface area contributed by atoms with Crippen molar-refractivity contribution in [3.8, 4) is 11.5 Å². The fourth-order valence-corrected chi connectivity index (χ4v) is 2.25. The molecule has 0 amide bonds. The fourth-order valence-electron chi connectivity index (χ4n) is 2.25. The molecule has 0 saturated carbocycles. The summed E-state index contributed by atoms with van der Waals surface area (Å²) in [4.78, 5) is 2.38. The molecule has 5 heteroatoms. The van der Waals surface area contributed by atoms with Gasteiger partial charge in [0.25, 0.3) is 0 Å². The molecule has 2 rings (SSSR count). The topological polar surface area (TPSA) is 65.0 Å².